The fourth-order valence-electron chi connectivity index (χ4n) is 2.61. The average Bonchev–Trinajstić information content (AvgIpc) is 2.99. The Morgan fingerprint density at radius 2 is 2.08 bits per heavy atom. The third-order valence-corrected chi connectivity index (χ3v) is 3.88. The van der Waals surface area contributed by atoms with E-state index < -0.39 is 5.97 Å². The van der Waals surface area contributed by atoms with Gasteiger partial charge in [-0.15, -0.1) is 10.2 Å². The Hall–Kier alpha value is -2.76. The van der Waals surface area contributed by atoms with Crippen molar-refractivity contribution in [3.05, 3.63) is 53.2 Å². The van der Waals surface area contributed by atoms with Gasteiger partial charge in [-0.2, -0.15) is 0 Å². The molecule has 0 aliphatic rings. The van der Waals surface area contributed by atoms with Crippen molar-refractivity contribution in [2.24, 2.45) is 0 Å². The minimum absolute atomic E-state index is 0.101. The van der Waals surface area contributed by atoms with Gasteiger partial charge >= 0.3 is 5.97 Å². The van der Waals surface area contributed by atoms with E-state index in [1.165, 1.54) is 0 Å². The number of ether oxygens (including phenoxy) is 1. The topological polar surface area (TPSA) is 69.9 Å². The summed E-state index contributed by atoms with van der Waals surface area (Å²) in [5, 5.41) is 8.79. The lowest BCUT2D eigenvalue weighted by Crippen LogP contribution is -2.11. The van der Waals surface area contributed by atoms with Gasteiger partial charge < -0.3 is 9.30 Å². The SMILES string of the molecule is CCCn1cnnc1COC(=O)c1cc2ccc(C)cc2nc1C. The molecule has 1 aromatic carbocycles. The van der Waals surface area contributed by atoms with E-state index in [1.807, 2.05) is 42.7 Å². The third-order valence-electron chi connectivity index (χ3n) is 3.88. The van der Waals surface area contributed by atoms with Crippen molar-refractivity contribution < 1.29 is 9.53 Å². The van der Waals surface area contributed by atoms with Crippen molar-refractivity contribution in [1.29, 1.82) is 0 Å². The molecule has 0 N–H and O–H groups in total. The molecule has 0 bridgehead atoms. The summed E-state index contributed by atoms with van der Waals surface area (Å²) in [6.45, 7) is 6.81. The van der Waals surface area contributed by atoms with Gasteiger partial charge in [-0.05, 0) is 38.0 Å². The average molecular weight is 324 g/mol. The first-order valence-electron chi connectivity index (χ1n) is 8.00. The van der Waals surface area contributed by atoms with Crippen LogP contribution in [-0.4, -0.2) is 25.7 Å². The number of aryl methyl sites for hydroxylation is 3. The molecule has 2 heterocycles. The quantitative estimate of drug-likeness (QED) is 0.674. The van der Waals surface area contributed by atoms with Crippen LogP contribution >= 0.6 is 0 Å². The number of rotatable bonds is 5. The Balaban J connectivity index is 1.79. The summed E-state index contributed by atoms with van der Waals surface area (Å²) < 4.78 is 7.30. The third kappa shape index (κ3) is 3.27. The van der Waals surface area contributed by atoms with Crippen LogP contribution in [0.5, 0.6) is 0 Å². The van der Waals surface area contributed by atoms with Crippen molar-refractivity contribution in [2.45, 2.75) is 40.3 Å². The molecule has 0 radical (unpaired) electrons. The lowest BCUT2D eigenvalue weighted by Gasteiger charge is -2.09. The van der Waals surface area contributed by atoms with Gasteiger partial charge in [-0.25, -0.2) is 4.79 Å². The highest BCUT2D eigenvalue weighted by atomic mass is 16.5. The monoisotopic (exact) mass is 324 g/mol. The highest BCUT2D eigenvalue weighted by Crippen LogP contribution is 2.19. The van der Waals surface area contributed by atoms with E-state index in [1.54, 1.807) is 6.33 Å². The highest BCUT2D eigenvalue weighted by Gasteiger charge is 2.15. The zero-order valence-electron chi connectivity index (χ0n) is 14.1. The molecule has 124 valence electrons. The molecule has 0 amide bonds. The molecule has 24 heavy (non-hydrogen) atoms. The normalized spacial score (nSPS) is 11.0. The number of benzene rings is 1. The largest absolute Gasteiger partial charge is 0.454 e. The molecule has 0 atom stereocenters. The second-order valence-corrected chi connectivity index (χ2v) is 5.83. The van der Waals surface area contributed by atoms with Gasteiger partial charge in [0.15, 0.2) is 12.4 Å². The van der Waals surface area contributed by atoms with E-state index in [0.29, 0.717) is 17.1 Å². The van der Waals surface area contributed by atoms with Crippen LogP contribution in [0.1, 0.15) is 40.8 Å². The molecule has 6 heteroatoms. The summed E-state index contributed by atoms with van der Waals surface area (Å²) in [5.41, 5.74) is 3.16. The van der Waals surface area contributed by atoms with Gasteiger partial charge in [-0.3, -0.25) is 4.98 Å². The molecule has 2 aromatic heterocycles. The molecule has 3 aromatic rings. The van der Waals surface area contributed by atoms with Crippen LogP contribution < -0.4 is 0 Å². The van der Waals surface area contributed by atoms with Crippen molar-refractivity contribution in [3.8, 4) is 0 Å². The van der Waals surface area contributed by atoms with E-state index in [2.05, 4.69) is 22.1 Å². The first-order valence-corrected chi connectivity index (χ1v) is 8.00. The minimum Gasteiger partial charge on any atom is -0.454 e. The number of hydrogen-bond acceptors (Lipinski definition) is 5. The molecule has 0 fully saturated rings. The molecule has 6 nitrogen and oxygen atoms in total. The highest BCUT2D eigenvalue weighted by molar-refractivity contribution is 5.95. The summed E-state index contributed by atoms with van der Waals surface area (Å²) in [4.78, 5) is 16.9. The Labute approximate surface area is 140 Å². The van der Waals surface area contributed by atoms with E-state index in [-0.39, 0.29) is 6.61 Å². The van der Waals surface area contributed by atoms with E-state index in [4.69, 9.17) is 4.74 Å². The van der Waals surface area contributed by atoms with E-state index in [9.17, 15) is 4.79 Å². The molecule has 3 rings (SSSR count). The number of fused-ring (bicyclic) bond motifs is 1. The Bertz CT molecular complexity index is 886. The summed E-state index contributed by atoms with van der Waals surface area (Å²) in [5.74, 6) is 0.251. The maximum Gasteiger partial charge on any atom is 0.340 e. The predicted molar refractivity (Wildman–Crippen MR) is 90.6 cm³/mol. The molecule has 0 unspecified atom stereocenters. The van der Waals surface area contributed by atoms with Gasteiger partial charge in [-0.1, -0.05) is 19.1 Å². The van der Waals surface area contributed by atoms with Crippen LogP contribution in [0.2, 0.25) is 0 Å². The number of carbonyl (C=O) groups excluding carboxylic acids is 1. The van der Waals surface area contributed by atoms with Gasteiger partial charge in [0.1, 0.15) is 6.33 Å². The maximum absolute atomic E-state index is 12.4. The van der Waals surface area contributed by atoms with Crippen molar-refractivity contribution in [1.82, 2.24) is 19.7 Å². The van der Waals surface area contributed by atoms with Crippen molar-refractivity contribution in [3.63, 3.8) is 0 Å². The van der Waals surface area contributed by atoms with Gasteiger partial charge in [0, 0.05) is 11.9 Å². The summed E-state index contributed by atoms with van der Waals surface area (Å²) >= 11 is 0. The van der Waals surface area contributed by atoms with Crippen LogP contribution in [0.4, 0.5) is 0 Å². The fourth-order valence-corrected chi connectivity index (χ4v) is 2.61. The molecule has 0 saturated heterocycles. The van der Waals surface area contributed by atoms with E-state index in [0.717, 1.165) is 29.4 Å². The number of esters is 1. The number of aromatic nitrogens is 4. The first kappa shape index (κ1) is 16.1. The summed E-state index contributed by atoms with van der Waals surface area (Å²) in [6.07, 6.45) is 2.62. The number of hydrogen-bond donors (Lipinski definition) is 0. The molecule has 0 spiro atoms. The molecular weight excluding hydrogens is 304 g/mol. The zero-order chi connectivity index (χ0) is 17.1. The molecule has 0 aliphatic carbocycles. The van der Waals surface area contributed by atoms with Gasteiger partial charge in [0.2, 0.25) is 0 Å². The van der Waals surface area contributed by atoms with Gasteiger partial charge in [0.05, 0.1) is 16.8 Å². The number of nitrogens with zero attached hydrogens (tertiary/aromatic N) is 4. The summed E-state index contributed by atoms with van der Waals surface area (Å²) in [6, 6.07) is 7.80. The van der Waals surface area contributed by atoms with Gasteiger partial charge in [0.25, 0.3) is 0 Å². The molecular formula is C18H20N4O2. The summed E-state index contributed by atoms with van der Waals surface area (Å²) in [7, 11) is 0. The molecule has 0 aliphatic heterocycles. The van der Waals surface area contributed by atoms with Crippen LogP contribution in [0.15, 0.2) is 30.6 Å². The first-order chi connectivity index (χ1) is 11.6. The van der Waals surface area contributed by atoms with Crippen LogP contribution in [0, 0.1) is 13.8 Å². The Morgan fingerprint density at radius 1 is 1.25 bits per heavy atom. The van der Waals surface area contributed by atoms with Crippen LogP contribution in [0.3, 0.4) is 0 Å². The fraction of sp³-hybridized carbons (Fsp3) is 0.333. The van der Waals surface area contributed by atoms with Crippen LogP contribution in [0.25, 0.3) is 10.9 Å². The zero-order valence-corrected chi connectivity index (χ0v) is 14.1. The number of pyridine rings is 1. The van der Waals surface area contributed by atoms with Crippen molar-refractivity contribution >= 4 is 16.9 Å². The Kier molecular flexibility index (Phi) is 4.55. The second-order valence-electron chi connectivity index (χ2n) is 5.83. The second kappa shape index (κ2) is 6.78. The Morgan fingerprint density at radius 3 is 2.88 bits per heavy atom. The standard InChI is InChI=1S/C18H20N4O2/c1-4-7-22-11-19-21-17(22)10-24-18(23)15-9-14-6-5-12(2)8-16(14)20-13(15)3/h5-6,8-9,11H,4,7,10H2,1-3H3. The lowest BCUT2D eigenvalue weighted by atomic mass is 10.1. The minimum atomic E-state index is -0.395. The smallest absolute Gasteiger partial charge is 0.340 e. The number of carbonyl (C=O) groups is 1. The maximum atomic E-state index is 12.4. The molecule has 0 saturated carbocycles. The van der Waals surface area contributed by atoms with E-state index >= 15 is 0 Å². The van der Waals surface area contributed by atoms with Crippen LogP contribution in [-0.2, 0) is 17.9 Å². The lowest BCUT2D eigenvalue weighted by molar-refractivity contribution is 0.0456. The predicted octanol–water partition coefficient (Wildman–Crippen LogP) is 3.21. The van der Waals surface area contributed by atoms with Crippen molar-refractivity contribution in [2.75, 3.05) is 0 Å².